The molecule has 13 heteroatoms. The predicted octanol–water partition coefficient (Wildman–Crippen LogP) is -3.90. The van der Waals surface area contributed by atoms with Crippen molar-refractivity contribution in [1.29, 1.82) is 0 Å². The van der Waals surface area contributed by atoms with Gasteiger partial charge in [0.2, 0.25) is 0 Å². The van der Waals surface area contributed by atoms with E-state index in [2.05, 4.69) is 10.5 Å². The van der Waals surface area contributed by atoms with Crippen molar-refractivity contribution in [3.05, 3.63) is 11.8 Å². The van der Waals surface area contributed by atoms with Crippen LogP contribution in [0.15, 0.2) is 10.6 Å². The molecule has 1 aromatic rings. The van der Waals surface area contributed by atoms with Crippen molar-refractivity contribution in [1.82, 2.24) is 19.7 Å². The minimum atomic E-state index is -4.59. The van der Waals surface area contributed by atoms with Crippen molar-refractivity contribution in [3.8, 4) is 5.88 Å². The molecule has 0 aliphatic carbocycles. The molecule has 3 heterocycles. The van der Waals surface area contributed by atoms with E-state index in [0.29, 0.717) is 10.1 Å². The van der Waals surface area contributed by atoms with Gasteiger partial charge < -0.3 is 20.9 Å². The zero-order valence-electron chi connectivity index (χ0n) is 14.0. The third-order valence-corrected chi connectivity index (χ3v) is 4.76. The number of fused-ring (bicyclic) bond motifs is 1. The van der Waals surface area contributed by atoms with Crippen molar-refractivity contribution in [2.24, 2.45) is 0 Å². The van der Waals surface area contributed by atoms with E-state index in [0.717, 1.165) is 0 Å². The van der Waals surface area contributed by atoms with Crippen molar-refractivity contribution in [3.63, 3.8) is 0 Å². The maximum Gasteiger partial charge on any atom is 1.00 e. The summed E-state index contributed by atoms with van der Waals surface area (Å²) in [7, 11) is -3.16. The Kier molecular flexibility index (Phi) is 5.44. The van der Waals surface area contributed by atoms with E-state index in [1.54, 1.807) is 0 Å². The van der Waals surface area contributed by atoms with Crippen LogP contribution in [0.25, 0.3) is 0 Å². The van der Waals surface area contributed by atoms with Crippen LogP contribution in [-0.2, 0) is 21.6 Å². The van der Waals surface area contributed by atoms with Gasteiger partial charge in [0.25, 0.3) is 11.8 Å². The second-order valence-electron chi connectivity index (χ2n) is 5.10. The van der Waals surface area contributed by atoms with Crippen molar-refractivity contribution >= 4 is 22.2 Å². The van der Waals surface area contributed by atoms with Crippen LogP contribution in [0.2, 0.25) is 0 Å². The Balaban J connectivity index is 0.00000156. The first kappa shape index (κ1) is 19.0. The van der Waals surface area contributed by atoms with E-state index in [4.69, 9.17) is 13.8 Å². The third-order valence-electron chi connectivity index (χ3n) is 3.81. The topological polar surface area (TPSA) is 142 Å². The summed E-state index contributed by atoms with van der Waals surface area (Å²) in [6.07, 6.45) is 0.278. The summed E-state index contributed by atoms with van der Waals surface area (Å²) in [5.74, 6) is -0.176. The number of aromatic nitrogens is 1. The van der Waals surface area contributed by atoms with E-state index >= 15 is 0 Å². The number of rotatable bonds is 4. The summed E-state index contributed by atoms with van der Waals surface area (Å²) < 4.78 is 41.3. The zero-order valence-corrected chi connectivity index (χ0v) is 15.8. The number of nitrogens with zero attached hydrogens (tertiary/aromatic N) is 3. The third kappa shape index (κ3) is 3.24. The number of urea groups is 1. The second-order valence-corrected chi connectivity index (χ2v) is 6.39. The normalized spacial score (nSPS) is 22.5. The average Bonchev–Trinajstić information content (AvgIpc) is 3.07. The minimum absolute atomic E-state index is 0. The Labute approximate surface area is 160 Å². The van der Waals surface area contributed by atoms with E-state index in [-0.39, 0.29) is 56.4 Å². The number of carbonyl (C=O) groups is 2. The van der Waals surface area contributed by atoms with Gasteiger partial charge in [0.1, 0.15) is 6.04 Å². The number of hydrogen-bond donors (Lipinski definition) is 2. The van der Waals surface area contributed by atoms with Crippen LogP contribution in [-0.4, -0.2) is 65.0 Å². The van der Waals surface area contributed by atoms with Crippen LogP contribution in [0.5, 0.6) is 5.88 Å². The van der Waals surface area contributed by atoms with Crippen LogP contribution in [0, 0.1) is 0 Å². The van der Waals surface area contributed by atoms with E-state index < -0.39 is 34.3 Å². The van der Waals surface area contributed by atoms with Gasteiger partial charge in [0.15, 0.2) is 5.76 Å². The Morgan fingerprint density at radius 3 is 2.92 bits per heavy atom. The molecule has 2 aliphatic rings. The molecule has 2 aliphatic heterocycles. The fraction of sp³-hybridized carbons (Fsp3) is 0.545. The molecule has 1 aromatic heterocycles. The molecule has 3 rings (SSSR count). The van der Waals surface area contributed by atoms with Gasteiger partial charge >= 0.3 is 45.9 Å². The zero-order chi connectivity index (χ0) is 16.8. The van der Waals surface area contributed by atoms with Gasteiger partial charge in [0, 0.05) is 12.6 Å². The number of likely N-dealkylation sites (tertiary alicyclic amines) is 1. The molecule has 24 heavy (non-hydrogen) atoms. The molecular formula is C11H15N4NaO7S. The fourth-order valence-corrected chi connectivity index (χ4v) is 3.68. The molecule has 2 fully saturated rings. The number of methoxy groups -OCH3 is 1. The molecule has 0 radical (unpaired) electrons. The molecule has 0 saturated carbocycles. The number of β-lactam (4-membered cyclic amide) rings is 1. The maximum atomic E-state index is 12.1. The monoisotopic (exact) mass is 370 g/mol. The van der Waals surface area contributed by atoms with E-state index in [1.165, 1.54) is 18.1 Å². The van der Waals surface area contributed by atoms with Gasteiger partial charge in [0.05, 0.1) is 19.7 Å². The number of nitrogens with one attached hydrogen (secondary N) is 1. The summed E-state index contributed by atoms with van der Waals surface area (Å²) in [4.78, 5) is 25.2. The van der Waals surface area contributed by atoms with Gasteiger partial charge in [-0.1, -0.05) is 0 Å². The Hall–Kier alpha value is -1.34. The first-order chi connectivity index (χ1) is 10.8. The number of carbonyl (C=O) groups excluding carboxylic acids is 2. The molecule has 2 saturated heterocycles. The van der Waals surface area contributed by atoms with Crippen LogP contribution < -0.4 is 39.6 Å². The SMILES string of the molecule is COc1cc(CNC(=O)N2CC[C@@H]3[C@H]2C(=O)N3S(=O)(=O)O)on1.[H-].[Na+]. The molecule has 3 amide bonds. The fourth-order valence-electron chi connectivity index (χ4n) is 2.78. The Morgan fingerprint density at radius 2 is 2.33 bits per heavy atom. The first-order valence-corrected chi connectivity index (χ1v) is 8.07. The van der Waals surface area contributed by atoms with Gasteiger partial charge in [-0.3, -0.25) is 9.35 Å². The van der Waals surface area contributed by atoms with Crippen molar-refractivity contribution < 1.29 is 62.8 Å². The van der Waals surface area contributed by atoms with Gasteiger partial charge in [-0.05, 0) is 11.6 Å². The molecule has 2 N–H and O–H groups in total. The quantitative estimate of drug-likeness (QED) is 0.311. The maximum absolute atomic E-state index is 12.1. The number of ether oxygens (including phenoxy) is 1. The predicted molar refractivity (Wildman–Crippen MR) is 73.7 cm³/mol. The molecule has 0 aromatic carbocycles. The smallest absolute Gasteiger partial charge is 1.00 e. The summed E-state index contributed by atoms with van der Waals surface area (Å²) >= 11 is 0. The molecule has 11 nitrogen and oxygen atoms in total. The van der Waals surface area contributed by atoms with Crippen LogP contribution in [0.3, 0.4) is 0 Å². The van der Waals surface area contributed by atoms with Gasteiger partial charge in [-0.15, -0.1) is 0 Å². The average molecular weight is 370 g/mol. The largest absolute Gasteiger partial charge is 1.00 e. The van der Waals surface area contributed by atoms with Crippen molar-refractivity contribution in [2.75, 3.05) is 13.7 Å². The molecular weight excluding hydrogens is 355 g/mol. The van der Waals surface area contributed by atoms with Gasteiger partial charge in [-0.25, -0.2) is 9.10 Å². The summed E-state index contributed by atoms with van der Waals surface area (Å²) in [6.45, 7) is 0.248. The van der Waals surface area contributed by atoms with Crippen molar-refractivity contribution in [2.45, 2.75) is 25.0 Å². The van der Waals surface area contributed by atoms with Crippen LogP contribution in [0.4, 0.5) is 4.79 Å². The van der Waals surface area contributed by atoms with E-state index in [9.17, 15) is 18.0 Å². The van der Waals surface area contributed by atoms with Crippen LogP contribution >= 0.6 is 0 Å². The Morgan fingerprint density at radius 1 is 1.62 bits per heavy atom. The molecule has 128 valence electrons. The summed E-state index contributed by atoms with van der Waals surface area (Å²) in [5, 5.41) is 6.13. The number of amides is 3. The van der Waals surface area contributed by atoms with E-state index in [1.807, 2.05) is 0 Å². The minimum Gasteiger partial charge on any atom is -1.00 e. The molecule has 2 atom stereocenters. The summed E-state index contributed by atoms with van der Waals surface area (Å²) in [6, 6.07) is -0.618. The standard InChI is InChI=1S/C11H14N4O7S.Na.H/c1-21-8-4-6(22-13-8)5-12-11(17)14-3-2-7-9(14)10(16)15(7)23(18,19)20;;/h4,7,9H,2-3,5H2,1H3,(H,12,17)(H,18,19,20);;/q;+1;-1/t7-,9+;;/m1../s1. The molecule has 0 spiro atoms. The van der Waals surface area contributed by atoms with Gasteiger partial charge in [-0.2, -0.15) is 8.42 Å². The Bertz CT molecular complexity index is 757. The first-order valence-electron chi connectivity index (χ1n) is 6.67. The number of hydrogen-bond acceptors (Lipinski definition) is 7. The second kappa shape index (κ2) is 6.88. The van der Waals surface area contributed by atoms with Crippen LogP contribution in [0.1, 0.15) is 13.6 Å². The summed E-state index contributed by atoms with van der Waals surface area (Å²) in [5.41, 5.74) is 0. The molecule has 0 bridgehead atoms. The molecule has 0 unspecified atom stereocenters.